The molecule has 0 spiro atoms. The molecule has 154 valence electrons. The van der Waals surface area contributed by atoms with E-state index in [1.807, 2.05) is 0 Å². The molecule has 2 heterocycles. The molecule has 31 heavy (non-hydrogen) atoms. The maximum atomic E-state index is 14.3. The van der Waals surface area contributed by atoms with E-state index in [1.165, 1.54) is 24.3 Å². The Morgan fingerprint density at radius 2 is 1.55 bits per heavy atom. The monoisotopic (exact) mass is 425 g/mol. The number of nitrogens with one attached hydrogen (secondary N) is 2. The molecule has 1 aliphatic rings. The van der Waals surface area contributed by atoms with Crippen LogP contribution >= 0.6 is 0 Å². The van der Waals surface area contributed by atoms with E-state index < -0.39 is 23.4 Å². The minimum absolute atomic E-state index is 0.285. The van der Waals surface area contributed by atoms with Crippen molar-refractivity contribution in [1.29, 1.82) is 0 Å². The summed E-state index contributed by atoms with van der Waals surface area (Å²) in [7, 11) is 0. The van der Waals surface area contributed by atoms with Gasteiger partial charge in [-0.1, -0.05) is 30.3 Å². The SMILES string of the molecule is Fc1cccc2c1[NH+]=C/C2=C(/c1ccc(C(F)(F)F)cc1)c1c[nH]c2c(F)cccc12. The van der Waals surface area contributed by atoms with Gasteiger partial charge in [-0.15, -0.1) is 0 Å². The van der Waals surface area contributed by atoms with Crippen LogP contribution in [-0.4, -0.2) is 11.2 Å². The topological polar surface area (TPSA) is 29.8 Å². The van der Waals surface area contributed by atoms with Crippen molar-refractivity contribution in [2.24, 2.45) is 0 Å². The molecule has 1 aliphatic heterocycles. The second kappa shape index (κ2) is 6.91. The van der Waals surface area contributed by atoms with Gasteiger partial charge < -0.3 is 4.98 Å². The van der Waals surface area contributed by atoms with Crippen LogP contribution in [0.15, 0.2) is 66.9 Å². The van der Waals surface area contributed by atoms with Gasteiger partial charge in [-0.25, -0.2) is 9.38 Å². The number of hydrogen-bond acceptors (Lipinski definition) is 0. The second-order valence-corrected chi connectivity index (χ2v) is 7.18. The smallest absolute Gasteiger partial charge is 0.358 e. The zero-order valence-corrected chi connectivity index (χ0v) is 15.8. The highest BCUT2D eigenvalue weighted by molar-refractivity contribution is 6.24. The number of hydrogen-bond donors (Lipinski definition) is 2. The van der Waals surface area contributed by atoms with E-state index in [-0.39, 0.29) is 11.2 Å². The van der Waals surface area contributed by atoms with Gasteiger partial charge in [0, 0.05) is 22.7 Å². The largest absolute Gasteiger partial charge is 0.416 e. The number of alkyl halides is 3. The van der Waals surface area contributed by atoms with Crippen molar-refractivity contribution in [2.45, 2.75) is 6.18 Å². The van der Waals surface area contributed by atoms with E-state index in [4.69, 9.17) is 0 Å². The zero-order valence-electron chi connectivity index (χ0n) is 15.8. The Morgan fingerprint density at radius 1 is 0.839 bits per heavy atom. The highest BCUT2D eigenvalue weighted by Crippen LogP contribution is 2.39. The summed E-state index contributed by atoms with van der Waals surface area (Å²) >= 11 is 0. The molecule has 0 atom stereocenters. The summed E-state index contributed by atoms with van der Waals surface area (Å²) in [5.41, 5.74) is 2.61. The fourth-order valence-electron chi connectivity index (χ4n) is 3.93. The molecule has 4 aromatic rings. The van der Waals surface area contributed by atoms with Crippen molar-refractivity contribution in [3.05, 3.63) is 101 Å². The average Bonchev–Trinajstić information content (AvgIpc) is 3.35. The van der Waals surface area contributed by atoms with Gasteiger partial charge >= 0.3 is 6.18 Å². The standard InChI is InChI=1S/C24H13F5N2/c25-19-5-1-3-15-17(11-30-22(15)19)21(13-7-9-14(10-8-13)24(27,28)29)18-12-31-23-16(18)4-2-6-20(23)26/h1-12,30H/p+1/b21-18+. The molecule has 0 fully saturated rings. The molecule has 7 heteroatoms. The van der Waals surface area contributed by atoms with Crippen LogP contribution < -0.4 is 4.99 Å². The molecule has 0 bridgehead atoms. The first-order valence-corrected chi connectivity index (χ1v) is 9.41. The van der Waals surface area contributed by atoms with Crippen LogP contribution in [0.2, 0.25) is 0 Å². The number of aromatic amines is 1. The van der Waals surface area contributed by atoms with Crippen LogP contribution in [0.1, 0.15) is 22.3 Å². The van der Waals surface area contributed by atoms with Gasteiger partial charge in [0.2, 0.25) is 5.69 Å². The summed E-state index contributed by atoms with van der Waals surface area (Å²) < 4.78 is 67.8. The molecule has 1 aromatic heterocycles. The molecule has 3 aromatic carbocycles. The van der Waals surface area contributed by atoms with Crippen molar-refractivity contribution in [3.63, 3.8) is 0 Å². The van der Waals surface area contributed by atoms with Gasteiger partial charge in [-0.05, 0) is 35.9 Å². The quantitative estimate of drug-likeness (QED) is 0.413. The minimum Gasteiger partial charge on any atom is -0.358 e. The molecular weight excluding hydrogens is 411 g/mol. The normalized spacial score (nSPS) is 14.9. The van der Waals surface area contributed by atoms with Crippen LogP contribution in [0.5, 0.6) is 0 Å². The third-order valence-corrected chi connectivity index (χ3v) is 5.37. The molecule has 0 amide bonds. The van der Waals surface area contributed by atoms with Crippen molar-refractivity contribution in [1.82, 2.24) is 4.98 Å². The van der Waals surface area contributed by atoms with Gasteiger partial charge in [0.05, 0.1) is 22.2 Å². The van der Waals surface area contributed by atoms with Crippen LogP contribution in [-0.2, 0) is 6.18 Å². The van der Waals surface area contributed by atoms with Crippen LogP contribution in [0.3, 0.4) is 0 Å². The lowest BCUT2D eigenvalue weighted by molar-refractivity contribution is -0.346. The molecule has 2 N–H and O–H groups in total. The van der Waals surface area contributed by atoms with Gasteiger partial charge in [0.1, 0.15) is 5.82 Å². The van der Waals surface area contributed by atoms with Crippen LogP contribution in [0, 0.1) is 11.6 Å². The lowest BCUT2D eigenvalue weighted by Crippen LogP contribution is -2.59. The maximum absolute atomic E-state index is 14.3. The van der Waals surface area contributed by atoms with Gasteiger partial charge in [-0.2, -0.15) is 17.6 Å². The number of H-pyrrole nitrogens is 1. The van der Waals surface area contributed by atoms with Crippen LogP contribution in [0.25, 0.3) is 22.0 Å². The van der Waals surface area contributed by atoms with Crippen molar-refractivity contribution in [3.8, 4) is 0 Å². The molecule has 0 saturated heterocycles. The van der Waals surface area contributed by atoms with Gasteiger partial charge in [-0.3, -0.25) is 0 Å². The Morgan fingerprint density at radius 3 is 2.29 bits per heavy atom. The Kier molecular flexibility index (Phi) is 4.28. The number of rotatable bonds is 2. The van der Waals surface area contributed by atoms with E-state index in [9.17, 15) is 22.0 Å². The summed E-state index contributed by atoms with van der Waals surface area (Å²) in [6.45, 7) is 0. The molecule has 0 unspecified atom stereocenters. The Balaban J connectivity index is 1.80. The highest BCUT2D eigenvalue weighted by atomic mass is 19.4. The number of para-hydroxylation sites is 2. The summed E-state index contributed by atoms with van der Waals surface area (Å²) in [4.78, 5) is 5.81. The highest BCUT2D eigenvalue weighted by Gasteiger charge is 2.31. The van der Waals surface area contributed by atoms with Crippen molar-refractivity contribution in [2.75, 3.05) is 0 Å². The van der Waals surface area contributed by atoms with Crippen LogP contribution in [0.4, 0.5) is 27.6 Å². The predicted octanol–water partition coefficient (Wildman–Crippen LogP) is 5.22. The summed E-state index contributed by atoms with van der Waals surface area (Å²) in [6.07, 6.45) is -1.25. The average molecular weight is 425 g/mol. The van der Waals surface area contributed by atoms with Gasteiger partial charge in [0.15, 0.2) is 12.0 Å². The second-order valence-electron chi connectivity index (χ2n) is 7.18. The number of benzene rings is 3. The number of allylic oxidation sites excluding steroid dienone is 1. The molecular formula is C24H14F5N2+. The third-order valence-electron chi connectivity index (χ3n) is 5.37. The van der Waals surface area contributed by atoms with E-state index in [0.29, 0.717) is 33.2 Å². The lowest BCUT2D eigenvalue weighted by atomic mass is 9.89. The van der Waals surface area contributed by atoms with Gasteiger partial charge in [0.25, 0.3) is 0 Å². The van der Waals surface area contributed by atoms with E-state index in [0.717, 1.165) is 12.1 Å². The number of aromatic nitrogens is 1. The summed E-state index contributed by atoms with van der Waals surface area (Å²) in [5, 5.41) is 0.570. The van der Waals surface area contributed by atoms with Crippen molar-refractivity contribution < 1.29 is 26.9 Å². The maximum Gasteiger partial charge on any atom is 0.416 e. The zero-order chi connectivity index (χ0) is 21.8. The number of fused-ring (bicyclic) bond motifs is 2. The first-order chi connectivity index (χ1) is 14.8. The first-order valence-electron chi connectivity index (χ1n) is 9.41. The minimum atomic E-state index is -4.47. The summed E-state index contributed by atoms with van der Waals surface area (Å²) in [6, 6.07) is 14.0. The Hall–Kier alpha value is -3.74. The lowest BCUT2D eigenvalue weighted by Gasteiger charge is -2.12. The summed E-state index contributed by atoms with van der Waals surface area (Å²) in [5.74, 6) is -0.888. The van der Waals surface area contributed by atoms with E-state index in [1.54, 1.807) is 36.7 Å². The van der Waals surface area contributed by atoms with Crippen molar-refractivity contribution >= 4 is 34.0 Å². The molecule has 0 saturated carbocycles. The molecule has 2 nitrogen and oxygen atoms in total. The molecule has 0 aliphatic carbocycles. The molecule has 5 rings (SSSR count). The number of halogens is 5. The molecule has 0 radical (unpaired) electrons. The van der Waals surface area contributed by atoms with E-state index >= 15 is 0 Å². The van der Waals surface area contributed by atoms with E-state index in [2.05, 4.69) is 9.98 Å². The first kappa shape index (κ1) is 19.2. The fourth-order valence-corrected chi connectivity index (χ4v) is 3.93. The third kappa shape index (κ3) is 3.13. The predicted molar refractivity (Wildman–Crippen MR) is 109 cm³/mol. The fraction of sp³-hybridized carbons (Fsp3) is 0.0417. The Labute approximate surface area is 173 Å². The Bertz CT molecular complexity index is 1380.